The van der Waals surface area contributed by atoms with E-state index >= 15 is 0 Å². The first kappa shape index (κ1) is 54.4. The summed E-state index contributed by atoms with van der Waals surface area (Å²) in [6, 6.07) is -0.328. The molecular weight excluding hydrogens is 697 g/mol. The molecule has 0 aliphatic carbocycles. The molecule has 7 heteroatoms. The molecule has 0 aliphatic rings. The summed E-state index contributed by atoms with van der Waals surface area (Å²) < 4.78 is 11.9. The number of unbranched alkanes of at least 4 members (excludes halogenated alkanes) is 24. The molecule has 56 heavy (non-hydrogen) atoms. The zero-order valence-electron chi connectivity index (χ0n) is 38.6. The van der Waals surface area contributed by atoms with Crippen LogP contribution in [0.25, 0.3) is 0 Å². The van der Waals surface area contributed by atoms with Crippen LogP contribution in [0.4, 0.5) is 0 Å². The van der Waals surface area contributed by atoms with Gasteiger partial charge in [0.1, 0.15) is 13.2 Å². The van der Waals surface area contributed by atoms with Crippen molar-refractivity contribution in [3.63, 3.8) is 0 Å². The Balaban J connectivity index is 5.26. The SMILES string of the molecule is CCCCCCCCCC(CCCCCCCCC)C(=O)OCCN(CCOC(=O)C(CCCCCCCCC)CCCCCCCCC)C(=O)C(C)N(C)C. The molecule has 0 bridgehead atoms. The van der Waals surface area contributed by atoms with Crippen molar-refractivity contribution < 1.29 is 23.9 Å². The highest BCUT2D eigenvalue weighted by Gasteiger charge is 2.25. The predicted molar refractivity (Wildman–Crippen MR) is 239 cm³/mol. The third kappa shape index (κ3) is 31.4. The molecule has 0 aromatic carbocycles. The molecule has 7 nitrogen and oxygen atoms in total. The molecule has 0 saturated heterocycles. The first-order chi connectivity index (χ1) is 27.2. The van der Waals surface area contributed by atoms with E-state index in [0.29, 0.717) is 13.1 Å². The van der Waals surface area contributed by atoms with Crippen molar-refractivity contribution in [1.29, 1.82) is 0 Å². The van der Waals surface area contributed by atoms with Crippen LogP contribution in [0.15, 0.2) is 0 Å². The molecule has 0 heterocycles. The van der Waals surface area contributed by atoms with Crippen molar-refractivity contribution >= 4 is 17.8 Å². The quantitative estimate of drug-likeness (QED) is 0.0453. The summed E-state index contributed by atoms with van der Waals surface area (Å²) in [4.78, 5) is 44.1. The van der Waals surface area contributed by atoms with Crippen molar-refractivity contribution in [2.24, 2.45) is 11.8 Å². The maximum Gasteiger partial charge on any atom is 0.308 e. The second-order valence-electron chi connectivity index (χ2n) is 17.3. The minimum atomic E-state index is -0.328. The summed E-state index contributed by atoms with van der Waals surface area (Å²) in [5.74, 6) is -0.402. The van der Waals surface area contributed by atoms with E-state index in [1.54, 1.807) is 4.90 Å². The van der Waals surface area contributed by atoms with E-state index in [1.165, 1.54) is 154 Å². The number of carbonyl (C=O) groups excluding carboxylic acids is 3. The van der Waals surface area contributed by atoms with E-state index in [4.69, 9.17) is 9.47 Å². The van der Waals surface area contributed by atoms with Crippen LogP contribution >= 0.6 is 0 Å². The fourth-order valence-electron chi connectivity index (χ4n) is 7.72. The zero-order chi connectivity index (χ0) is 41.5. The van der Waals surface area contributed by atoms with E-state index in [0.717, 1.165) is 51.4 Å². The number of ether oxygens (including phenoxy) is 2. The van der Waals surface area contributed by atoms with Gasteiger partial charge in [-0.2, -0.15) is 0 Å². The smallest absolute Gasteiger partial charge is 0.308 e. The Morgan fingerprint density at radius 3 is 0.911 bits per heavy atom. The lowest BCUT2D eigenvalue weighted by Gasteiger charge is -2.29. The molecule has 0 saturated carbocycles. The highest BCUT2D eigenvalue weighted by molar-refractivity contribution is 5.81. The lowest BCUT2D eigenvalue weighted by atomic mass is 9.94. The van der Waals surface area contributed by atoms with E-state index in [1.807, 2.05) is 25.9 Å². The van der Waals surface area contributed by atoms with Crippen LogP contribution in [0.5, 0.6) is 0 Å². The summed E-state index contributed by atoms with van der Waals surface area (Å²) in [5.41, 5.74) is 0. The van der Waals surface area contributed by atoms with Crippen molar-refractivity contribution in [3.8, 4) is 0 Å². The van der Waals surface area contributed by atoms with Crippen LogP contribution < -0.4 is 0 Å². The molecule has 0 radical (unpaired) electrons. The lowest BCUT2D eigenvalue weighted by molar-refractivity contribution is -0.153. The van der Waals surface area contributed by atoms with Gasteiger partial charge in [0.05, 0.1) is 31.0 Å². The number of rotatable bonds is 42. The Hall–Kier alpha value is -1.63. The molecular formula is C49H96N2O5. The molecule has 0 rings (SSSR count). The van der Waals surface area contributed by atoms with Gasteiger partial charge >= 0.3 is 11.9 Å². The maximum absolute atomic E-state index is 13.6. The van der Waals surface area contributed by atoms with Crippen molar-refractivity contribution in [3.05, 3.63) is 0 Å². The standard InChI is InChI=1S/C49H96N2O5/c1-8-12-16-20-24-28-32-36-45(37-33-29-25-21-17-13-9-2)48(53)55-42-40-51(47(52)44(5)50(6)7)41-43-56-49(54)46(38-34-30-26-22-18-14-10-3)39-35-31-27-23-19-15-11-4/h44-46H,8-43H2,1-7H3. The number of amides is 1. The van der Waals surface area contributed by atoms with Gasteiger partial charge in [0.25, 0.3) is 0 Å². The molecule has 1 amide bonds. The first-order valence-electron chi connectivity index (χ1n) is 24.5. The van der Waals surface area contributed by atoms with Gasteiger partial charge in [-0.1, -0.05) is 207 Å². The number of nitrogens with zero attached hydrogens (tertiary/aromatic N) is 2. The van der Waals surface area contributed by atoms with Crippen LogP contribution in [0.2, 0.25) is 0 Å². The molecule has 332 valence electrons. The van der Waals surface area contributed by atoms with E-state index in [9.17, 15) is 14.4 Å². The number of esters is 2. The summed E-state index contributed by atoms with van der Waals surface area (Å²) in [6.45, 7) is 11.8. The van der Waals surface area contributed by atoms with Crippen molar-refractivity contribution in [2.75, 3.05) is 40.4 Å². The lowest BCUT2D eigenvalue weighted by Crippen LogP contribution is -2.47. The normalized spacial score (nSPS) is 12.2. The zero-order valence-corrected chi connectivity index (χ0v) is 38.6. The van der Waals surface area contributed by atoms with Gasteiger partial charge in [-0.3, -0.25) is 19.3 Å². The van der Waals surface area contributed by atoms with Crippen molar-refractivity contribution in [1.82, 2.24) is 9.80 Å². The van der Waals surface area contributed by atoms with Gasteiger partial charge < -0.3 is 14.4 Å². The van der Waals surface area contributed by atoms with Crippen LogP contribution in [-0.4, -0.2) is 74.1 Å². The van der Waals surface area contributed by atoms with Crippen LogP contribution in [0.3, 0.4) is 0 Å². The van der Waals surface area contributed by atoms with Gasteiger partial charge in [0.2, 0.25) is 5.91 Å². The summed E-state index contributed by atoms with van der Waals surface area (Å²) in [7, 11) is 3.80. The van der Waals surface area contributed by atoms with Crippen LogP contribution in [0.1, 0.15) is 240 Å². The minimum Gasteiger partial charge on any atom is -0.464 e. The number of likely N-dealkylation sites (N-methyl/N-ethyl adjacent to an activating group) is 1. The van der Waals surface area contributed by atoms with Gasteiger partial charge in [0.15, 0.2) is 0 Å². The van der Waals surface area contributed by atoms with Crippen molar-refractivity contribution in [2.45, 2.75) is 246 Å². The average Bonchev–Trinajstić information content (AvgIpc) is 3.19. The molecule has 0 aliphatic heterocycles. The molecule has 0 fully saturated rings. The third-order valence-electron chi connectivity index (χ3n) is 11.9. The molecule has 1 unspecified atom stereocenters. The van der Waals surface area contributed by atoms with Crippen LogP contribution in [0, 0.1) is 11.8 Å². The topological polar surface area (TPSA) is 76.1 Å². The van der Waals surface area contributed by atoms with Gasteiger partial charge in [-0.25, -0.2) is 0 Å². The van der Waals surface area contributed by atoms with E-state index < -0.39 is 0 Å². The second kappa shape index (κ2) is 40.2. The molecule has 0 spiro atoms. The highest BCUT2D eigenvalue weighted by Crippen LogP contribution is 2.23. The van der Waals surface area contributed by atoms with E-state index in [2.05, 4.69) is 27.7 Å². The summed E-state index contributed by atoms with van der Waals surface area (Å²) >= 11 is 0. The predicted octanol–water partition coefficient (Wildman–Crippen LogP) is 13.6. The Morgan fingerprint density at radius 2 is 0.661 bits per heavy atom. The molecule has 0 aromatic rings. The maximum atomic E-state index is 13.6. The third-order valence-corrected chi connectivity index (χ3v) is 11.9. The Kier molecular flexibility index (Phi) is 39.0. The Bertz CT molecular complexity index is 802. The van der Waals surface area contributed by atoms with Gasteiger partial charge in [0, 0.05) is 0 Å². The fourth-order valence-corrected chi connectivity index (χ4v) is 7.72. The largest absolute Gasteiger partial charge is 0.464 e. The van der Waals surface area contributed by atoms with Gasteiger partial charge in [-0.05, 0) is 46.7 Å². The Morgan fingerprint density at radius 1 is 0.411 bits per heavy atom. The Labute approximate surface area is 348 Å². The summed E-state index contributed by atoms with van der Waals surface area (Å²) in [5, 5.41) is 0. The van der Waals surface area contributed by atoms with Crippen LogP contribution in [-0.2, 0) is 23.9 Å². The number of carbonyl (C=O) groups is 3. The number of hydrogen-bond acceptors (Lipinski definition) is 6. The average molecular weight is 793 g/mol. The summed E-state index contributed by atoms with van der Waals surface area (Å²) in [6.07, 6.45) is 38.1. The molecule has 1 atom stereocenters. The molecule has 0 N–H and O–H groups in total. The fraction of sp³-hybridized carbons (Fsp3) is 0.939. The minimum absolute atomic E-state index is 0.0347. The second-order valence-corrected chi connectivity index (χ2v) is 17.3. The monoisotopic (exact) mass is 793 g/mol. The number of hydrogen-bond donors (Lipinski definition) is 0. The molecule has 0 aromatic heterocycles. The van der Waals surface area contributed by atoms with Gasteiger partial charge in [-0.15, -0.1) is 0 Å². The highest BCUT2D eigenvalue weighted by atomic mass is 16.5. The van der Waals surface area contributed by atoms with E-state index in [-0.39, 0.29) is 48.9 Å². The first-order valence-corrected chi connectivity index (χ1v) is 24.5.